The third kappa shape index (κ3) is 21.2. The highest BCUT2D eigenvalue weighted by molar-refractivity contribution is 7.98. The van der Waals surface area contributed by atoms with E-state index in [2.05, 4.69) is 25.8 Å². The first kappa shape index (κ1) is 40.7. The lowest BCUT2D eigenvalue weighted by Gasteiger charge is -2.37. The number of nitrogens with zero attached hydrogens (tertiary/aromatic N) is 2. The fraction of sp³-hybridized carbons (Fsp3) is 0.733. The first-order valence-electron chi connectivity index (χ1n) is 14.0. The first-order chi connectivity index (χ1) is 17.8. The van der Waals surface area contributed by atoms with Crippen LogP contribution in [0.4, 0.5) is 9.18 Å². The summed E-state index contributed by atoms with van der Waals surface area (Å²) >= 11 is 1.38. The molecule has 1 fully saturated rings. The highest BCUT2D eigenvalue weighted by Crippen LogP contribution is 2.23. The first-order valence-corrected chi connectivity index (χ1v) is 15.2. The third-order valence-electron chi connectivity index (χ3n) is 4.58. The lowest BCUT2D eigenvalue weighted by molar-refractivity contribution is -0.115. The van der Waals surface area contributed by atoms with Gasteiger partial charge in [0, 0.05) is 36.6 Å². The van der Waals surface area contributed by atoms with Crippen LogP contribution in [0.2, 0.25) is 0 Å². The van der Waals surface area contributed by atoms with Crippen LogP contribution in [0.25, 0.3) is 0 Å². The summed E-state index contributed by atoms with van der Waals surface area (Å²) in [6.07, 6.45) is 4.68. The van der Waals surface area contributed by atoms with Crippen LogP contribution < -0.4 is 4.74 Å². The molecule has 1 saturated heterocycles. The number of piperidine rings is 1. The molecule has 1 aliphatic rings. The van der Waals surface area contributed by atoms with Gasteiger partial charge in [0.2, 0.25) is 0 Å². The number of likely N-dealkylation sites (tertiary alicyclic amines) is 1. The van der Waals surface area contributed by atoms with Gasteiger partial charge in [0.1, 0.15) is 29.6 Å². The van der Waals surface area contributed by atoms with E-state index in [0.717, 1.165) is 19.4 Å². The van der Waals surface area contributed by atoms with Crippen LogP contribution in [0.3, 0.4) is 0 Å². The average molecular weight is 561 g/mol. The number of Topliss-reactive ketones (excluding diaryl/α,β-unsaturated/α-hetero) is 1. The van der Waals surface area contributed by atoms with Crippen molar-refractivity contribution < 1.29 is 23.5 Å². The molecule has 1 aromatic carbocycles. The molecule has 0 aromatic heterocycles. The fourth-order valence-corrected chi connectivity index (χ4v) is 3.50. The number of carbonyl (C=O) groups excluding carboxylic acids is 2. The van der Waals surface area contributed by atoms with Gasteiger partial charge in [-0.1, -0.05) is 48.0 Å². The van der Waals surface area contributed by atoms with E-state index in [1.807, 2.05) is 54.7 Å². The average Bonchev–Trinajstić information content (AvgIpc) is 2.86. The Morgan fingerprint density at radius 2 is 1.55 bits per heavy atom. The molecule has 1 amide bonds. The predicted octanol–water partition coefficient (Wildman–Crippen LogP) is 8.32. The molecule has 0 N–H and O–H groups in total. The van der Waals surface area contributed by atoms with Gasteiger partial charge >= 0.3 is 6.09 Å². The molecule has 2 rings (SSSR count). The summed E-state index contributed by atoms with van der Waals surface area (Å²) < 4.78 is 24.9. The van der Waals surface area contributed by atoms with Gasteiger partial charge in [-0.15, -0.1) is 11.8 Å². The van der Waals surface area contributed by atoms with Crippen molar-refractivity contribution in [3.63, 3.8) is 0 Å². The maximum Gasteiger partial charge on any atom is 0.410 e. The molecular weight excluding hydrogens is 503 g/mol. The number of likely N-dealkylation sites (N-methyl/N-ethyl adjacent to an activating group) is 1. The Labute approximate surface area is 238 Å². The van der Waals surface area contributed by atoms with Gasteiger partial charge in [0.15, 0.2) is 0 Å². The van der Waals surface area contributed by atoms with Crippen LogP contribution >= 0.6 is 11.8 Å². The fourth-order valence-electron chi connectivity index (χ4n) is 3.04. The van der Waals surface area contributed by atoms with Gasteiger partial charge in [0.05, 0.1) is 0 Å². The number of hydrogen-bond donors (Lipinski definition) is 0. The monoisotopic (exact) mass is 560 g/mol. The number of amides is 1. The van der Waals surface area contributed by atoms with Crippen LogP contribution in [0, 0.1) is 5.82 Å². The van der Waals surface area contributed by atoms with Crippen molar-refractivity contribution in [3.8, 4) is 5.75 Å². The van der Waals surface area contributed by atoms with Crippen molar-refractivity contribution in [2.45, 2.75) is 112 Å². The van der Waals surface area contributed by atoms with E-state index in [1.165, 1.54) is 38.1 Å². The van der Waals surface area contributed by atoms with Crippen molar-refractivity contribution in [2.24, 2.45) is 0 Å². The summed E-state index contributed by atoms with van der Waals surface area (Å²) in [4.78, 5) is 26.2. The number of benzene rings is 1. The van der Waals surface area contributed by atoms with Gasteiger partial charge in [-0.2, -0.15) is 0 Å². The number of hydrogen-bond acceptors (Lipinski definition) is 6. The molecule has 38 heavy (non-hydrogen) atoms. The van der Waals surface area contributed by atoms with E-state index in [-0.39, 0.29) is 17.7 Å². The van der Waals surface area contributed by atoms with E-state index >= 15 is 0 Å². The van der Waals surface area contributed by atoms with Gasteiger partial charge < -0.3 is 19.2 Å². The molecule has 1 aliphatic heterocycles. The van der Waals surface area contributed by atoms with Crippen LogP contribution in [0.1, 0.15) is 95.4 Å². The summed E-state index contributed by atoms with van der Waals surface area (Å²) in [5.74, 6) is 0.473. The Morgan fingerprint density at radius 1 is 1.08 bits per heavy atom. The highest BCUT2D eigenvalue weighted by Gasteiger charge is 2.28. The molecule has 0 bridgehead atoms. The summed E-state index contributed by atoms with van der Waals surface area (Å²) in [6.45, 7) is 23.6. The molecule has 0 atom stereocenters. The molecule has 224 valence electrons. The maximum atomic E-state index is 13.8. The number of rotatable bonds is 6. The summed E-state index contributed by atoms with van der Waals surface area (Å²) in [5.41, 5.74) is -0.463. The molecule has 0 radical (unpaired) electrons. The van der Waals surface area contributed by atoms with Crippen LogP contribution in [0.5, 0.6) is 5.75 Å². The number of thioether (sulfide) groups is 1. The molecule has 0 saturated carbocycles. The quantitative estimate of drug-likeness (QED) is 0.326. The van der Waals surface area contributed by atoms with Crippen molar-refractivity contribution in [3.05, 3.63) is 24.0 Å². The minimum Gasteiger partial charge on any atom is -0.492 e. The minimum absolute atomic E-state index is 0.167. The van der Waals surface area contributed by atoms with Crippen LogP contribution in [-0.2, 0) is 9.53 Å². The second-order valence-electron chi connectivity index (χ2n) is 9.44. The molecule has 0 unspecified atom stereocenters. The molecule has 1 heterocycles. The Morgan fingerprint density at radius 3 is 1.95 bits per heavy atom. The second kappa shape index (κ2) is 24.3. The normalized spacial score (nSPS) is 12.8. The zero-order valence-corrected chi connectivity index (χ0v) is 27.4. The number of carbonyl (C=O) groups is 2. The van der Waals surface area contributed by atoms with Gasteiger partial charge in [-0.25, -0.2) is 9.18 Å². The lowest BCUT2D eigenvalue weighted by Crippen LogP contribution is -2.47. The summed E-state index contributed by atoms with van der Waals surface area (Å²) in [6, 6.07) is 5.38. The summed E-state index contributed by atoms with van der Waals surface area (Å²) in [5, 5.41) is 0. The second-order valence-corrected chi connectivity index (χ2v) is 10.3. The van der Waals surface area contributed by atoms with Crippen molar-refractivity contribution >= 4 is 23.6 Å². The van der Waals surface area contributed by atoms with Crippen LogP contribution in [0.15, 0.2) is 23.1 Å². The molecular formula is C30H57FN2O4S. The number of halogens is 1. The third-order valence-corrected chi connectivity index (χ3v) is 5.35. The van der Waals surface area contributed by atoms with E-state index in [4.69, 9.17) is 9.47 Å². The van der Waals surface area contributed by atoms with Gasteiger partial charge in [-0.3, -0.25) is 4.90 Å². The Bertz CT molecular complexity index is 729. The largest absolute Gasteiger partial charge is 0.492 e. The topological polar surface area (TPSA) is 59.1 Å². The van der Waals surface area contributed by atoms with E-state index in [1.54, 1.807) is 17.0 Å². The molecule has 8 heteroatoms. The van der Waals surface area contributed by atoms with Gasteiger partial charge in [0.25, 0.3) is 0 Å². The lowest BCUT2D eigenvalue weighted by atomic mass is 10.0. The molecule has 0 spiro atoms. The van der Waals surface area contributed by atoms with Crippen molar-refractivity contribution in [1.29, 1.82) is 0 Å². The zero-order valence-electron chi connectivity index (χ0n) is 26.6. The SMILES string of the molecule is CC.CC.CC(C)=O.CCC.CSc1ccc(OCCN(C)C2CCN(C(=O)OC(C)(C)C)CC2)cc1F. The van der Waals surface area contributed by atoms with Crippen LogP contribution in [-0.4, -0.2) is 72.9 Å². The standard InChI is InChI=1S/C20H31FN2O3S.C3H6O.C3H8.2C2H6/c1-20(2,3)26-19(24)23-10-8-15(9-11-23)22(4)12-13-25-16-6-7-18(27-5)17(21)14-16;1-3(2)4;1-3-2;2*1-2/h6-7,14-15H,8-13H2,1-5H3;1-2H3;3H2,1-2H3;2*1-2H3. The number of ketones is 1. The van der Waals surface area contributed by atoms with Gasteiger partial charge in [-0.05, 0) is 72.9 Å². The Balaban J connectivity index is -0.000000961. The van der Waals surface area contributed by atoms with E-state index in [0.29, 0.717) is 36.4 Å². The highest BCUT2D eigenvalue weighted by atomic mass is 32.2. The van der Waals surface area contributed by atoms with Crippen molar-refractivity contribution in [2.75, 3.05) is 39.5 Å². The summed E-state index contributed by atoms with van der Waals surface area (Å²) in [7, 11) is 2.06. The molecule has 6 nitrogen and oxygen atoms in total. The van der Waals surface area contributed by atoms with E-state index in [9.17, 15) is 14.0 Å². The molecule has 1 aromatic rings. The smallest absolute Gasteiger partial charge is 0.410 e. The maximum absolute atomic E-state index is 13.8. The minimum atomic E-state index is -0.463. The number of ether oxygens (including phenoxy) is 2. The predicted molar refractivity (Wildman–Crippen MR) is 162 cm³/mol. The van der Waals surface area contributed by atoms with Crippen molar-refractivity contribution in [1.82, 2.24) is 9.80 Å². The Hall–Kier alpha value is -1.80. The van der Waals surface area contributed by atoms with E-state index < -0.39 is 5.60 Å². The Kier molecular flexibility index (Phi) is 26.0. The molecule has 0 aliphatic carbocycles. The zero-order chi connectivity index (χ0) is 30.3.